The lowest BCUT2D eigenvalue weighted by molar-refractivity contribution is 0.495. The molecule has 2 aromatic carbocycles. The van der Waals surface area contributed by atoms with Crippen molar-refractivity contribution in [3.63, 3.8) is 0 Å². The molecule has 1 heteroatoms. The van der Waals surface area contributed by atoms with Gasteiger partial charge in [-0.1, -0.05) is 123 Å². The number of rotatable bonds is 6. The fraction of sp³-hybridized carbons (Fsp3) is 0.538. The summed E-state index contributed by atoms with van der Waals surface area (Å²) in [6, 6.07) is 23.6. The lowest BCUT2D eigenvalue weighted by atomic mass is 10.0. The van der Waals surface area contributed by atoms with Crippen LogP contribution in [-0.4, -0.2) is 8.07 Å². The van der Waals surface area contributed by atoms with Gasteiger partial charge in [0.15, 0.2) is 0 Å². The molecule has 0 aliphatic heterocycles. The highest BCUT2D eigenvalue weighted by Crippen LogP contribution is 2.52. The molecule has 144 valence electrons. The van der Waals surface area contributed by atoms with Crippen LogP contribution < -0.4 is 10.4 Å². The maximum Gasteiger partial charge on any atom is 0.124 e. The van der Waals surface area contributed by atoms with E-state index in [0.29, 0.717) is 0 Å². The maximum atomic E-state index is 2.50. The number of hydrogen-bond acceptors (Lipinski definition) is 0. The van der Waals surface area contributed by atoms with Gasteiger partial charge in [-0.25, -0.2) is 0 Å². The highest BCUT2D eigenvalue weighted by Gasteiger charge is 2.53. The van der Waals surface area contributed by atoms with Crippen molar-refractivity contribution in [2.45, 2.75) is 76.3 Å². The number of hydrogen-bond donors (Lipinski definition) is 0. The van der Waals surface area contributed by atoms with E-state index < -0.39 is 8.07 Å². The van der Waals surface area contributed by atoms with Gasteiger partial charge >= 0.3 is 0 Å². The van der Waals surface area contributed by atoms with Gasteiger partial charge in [0, 0.05) is 0 Å². The predicted molar refractivity (Wildman–Crippen MR) is 121 cm³/mol. The summed E-state index contributed by atoms with van der Waals surface area (Å²) in [4.78, 5) is 0. The summed E-state index contributed by atoms with van der Waals surface area (Å²) in [7, 11) is -1.79. The lowest BCUT2D eigenvalue weighted by Gasteiger charge is -2.44. The second kappa shape index (κ2) is 8.35. The summed E-state index contributed by atoms with van der Waals surface area (Å²) in [5, 5.41) is 3.44. The monoisotopic (exact) mass is 376 g/mol. The third-order valence-electron chi connectivity index (χ3n) is 7.72. The molecule has 0 aromatic heterocycles. The zero-order valence-electron chi connectivity index (χ0n) is 17.2. The van der Waals surface area contributed by atoms with Crippen molar-refractivity contribution in [2.24, 2.45) is 11.8 Å². The van der Waals surface area contributed by atoms with Crippen molar-refractivity contribution in [3.8, 4) is 0 Å². The molecule has 0 heterocycles. The quantitative estimate of drug-likeness (QED) is 0.511. The summed E-state index contributed by atoms with van der Waals surface area (Å²) < 4.78 is 0. The van der Waals surface area contributed by atoms with E-state index in [1.807, 2.05) is 0 Å². The third kappa shape index (κ3) is 3.56. The van der Waals surface area contributed by atoms with Crippen LogP contribution in [0.5, 0.6) is 0 Å². The average molecular weight is 377 g/mol. The molecule has 0 nitrogen and oxygen atoms in total. The van der Waals surface area contributed by atoms with E-state index in [4.69, 9.17) is 0 Å². The average Bonchev–Trinajstić information content (AvgIpc) is 3.35. The van der Waals surface area contributed by atoms with Crippen LogP contribution >= 0.6 is 0 Å². The van der Waals surface area contributed by atoms with Crippen molar-refractivity contribution in [2.75, 3.05) is 0 Å². The Morgan fingerprint density at radius 3 is 1.81 bits per heavy atom. The SMILES string of the molecule is CCCC1CCC([Si](c2ccccc2)(c2ccccc2)C2CCC(C)C2)C1. The van der Waals surface area contributed by atoms with E-state index in [1.165, 1.54) is 51.4 Å². The predicted octanol–water partition coefficient (Wildman–Crippen LogP) is 6.41. The smallest absolute Gasteiger partial charge is 0.0654 e. The minimum absolute atomic E-state index is 0.905. The molecule has 0 bridgehead atoms. The largest absolute Gasteiger partial charge is 0.124 e. The molecule has 0 saturated heterocycles. The van der Waals surface area contributed by atoms with Crippen molar-refractivity contribution in [1.82, 2.24) is 0 Å². The molecule has 2 fully saturated rings. The first-order valence-electron chi connectivity index (χ1n) is 11.4. The highest BCUT2D eigenvalue weighted by atomic mass is 28.3. The van der Waals surface area contributed by atoms with Crippen LogP contribution in [0.3, 0.4) is 0 Å². The van der Waals surface area contributed by atoms with Crippen LogP contribution in [0.4, 0.5) is 0 Å². The summed E-state index contributed by atoms with van der Waals surface area (Å²) in [5.74, 6) is 1.88. The van der Waals surface area contributed by atoms with Crippen LogP contribution in [0.25, 0.3) is 0 Å². The van der Waals surface area contributed by atoms with E-state index in [9.17, 15) is 0 Å². The van der Waals surface area contributed by atoms with Crippen molar-refractivity contribution in [1.29, 1.82) is 0 Å². The fourth-order valence-corrected chi connectivity index (χ4v) is 13.7. The normalized spacial score (nSPS) is 28.5. The first-order chi connectivity index (χ1) is 13.2. The van der Waals surface area contributed by atoms with Gasteiger partial charge in [0.25, 0.3) is 0 Å². The zero-order valence-corrected chi connectivity index (χ0v) is 18.2. The van der Waals surface area contributed by atoms with Gasteiger partial charge in [-0.15, -0.1) is 0 Å². The van der Waals surface area contributed by atoms with Gasteiger partial charge in [0.05, 0.1) is 0 Å². The second-order valence-corrected chi connectivity index (χ2v) is 13.9. The van der Waals surface area contributed by atoms with Crippen molar-refractivity contribution < 1.29 is 0 Å². The van der Waals surface area contributed by atoms with Crippen LogP contribution in [-0.2, 0) is 0 Å². The van der Waals surface area contributed by atoms with Gasteiger partial charge in [-0.3, -0.25) is 0 Å². The van der Waals surface area contributed by atoms with Crippen LogP contribution in [0.2, 0.25) is 11.1 Å². The van der Waals surface area contributed by atoms with Crippen molar-refractivity contribution >= 4 is 18.4 Å². The van der Waals surface area contributed by atoms with Gasteiger partial charge in [-0.05, 0) is 35.8 Å². The Morgan fingerprint density at radius 1 is 0.741 bits per heavy atom. The molecule has 2 aromatic rings. The van der Waals surface area contributed by atoms with E-state index in [-0.39, 0.29) is 0 Å². The summed E-state index contributed by atoms with van der Waals surface area (Å²) >= 11 is 0. The Morgan fingerprint density at radius 2 is 1.30 bits per heavy atom. The minimum atomic E-state index is -1.79. The summed E-state index contributed by atoms with van der Waals surface area (Å²) in [6.07, 6.45) is 11.5. The molecule has 0 spiro atoms. The molecular formula is C26H36Si. The topological polar surface area (TPSA) is 0 Å². The molecule has 2 aliphatic carbocycles. The molecule has 0 amide bonds. The Kier molecular flexibility index (Phi) is 5.87. The standard InChI is InChI=1S/C26H36Si/c1-3-10-22-16-18-26(20-22)27(23-11-6-4-7-12-23,24-13-8-5-9-14-24)25-17-15-21(2)19-25/h4-9,11-14,21-22,25-26H,3,10,15-20H2,1-2H3. The van der Waals surface area contributed by atoms with Crippen LogP contribution in [0.15, 0.2) is 60.7 Å². The Hall–Kier alpha value is -1.34. The molecular weight excluding hydrogens is 340 g/mol. The molecule has 2 aliphatic rings. The van der Waals surface area contributed by atoms with Gasteiger partial charge in [0.2, 0.25) is 0 Å². The van der Waals surface area contributed by atoms with E-state index in [0.717, 1.165) is 22.9 Å². The van der Waals surface area contributed by atoms with Crippen LogP contribution in [0.1, 0.15) is 65.2 Å². The lowest BCUT2D eigenvalue weighted by Crippen LogP contribution is -2.64. The van der Waals surface area contributed by atoms with Crippen molar-refractivity contribution in [3.05, 3.63) is 60.7 Å². The first-order valence-corrected chi connectivity index (χ1v) is 13.5. The molecule has 2 saturated carbocycles. The molecule has 0 radical (unpaired) electrons. The van der Waals surface area contributed by atoms with Gasteiger partial charge in [-0.2, -0.15) is 0 Å². The van der Waals surface area contributed by atoms with E-state index in [2.05, 4.69) is 74.5 Å². The molecule has 4 unspecified atom stereocenters. The molecule has 0 N–H and O–H groups in total. The van der Waals surface area contributed by atoms with E-state index >= 15 is 0 Å². The summed E-state index contributed by atoms with van der Waals surface area (Å²) in [5.41, 5.74) is 1.84. The Labute approximate surface area is 167 Å². The third-order valence-corrected chi connectivity index (χ3v) is 13.9. The minimum Gasteiger partial charge on any atom is -0.0654 e. The fourth-order valence-electron chi connectivity index (χ4n) is 6.65. The van der Waals surface area contributed by atoms with Crippen LogP contribution in [0, 0.1) is 11.8 Å². The van der Waals surface area contributed by atoms with Gasteiger partial charge < -0.3 is 0 Å². The molecule has 27 heavy (non-hydrogen) atoms. The Balaban J connectivity index is 1.84. The van der Waals surface area contributed by atoms with E-state index in [1.54, 1.807) is 10.4 Å². The first kappa shape index (κ1) is 19.0. The molecule has 4 atom stereocenters. The highest BCUT2D eigenvalue weighted by molar-refractivity contribution is 7.04. The Bertz CT molecular complexity index is 668. The zero-order chi connectivity index (χ0) is 18.7. The number of benzene rings is 2. The van der Waals surface area contributed by atoms with Gasteiger partial charge in [0.1, 0.15) is 8.07 Å². The maximum absolute atomic E-state index is 2.50. The molecule has 4 rings (SSSR count). The second-order valence-electron chi connectivity index (χ2n) is 9.38. The summed E-state index contributed by atoms with van der Waals surface area (Å²) in [6.45, 7) is 4.86.